The molecule has 2 amide bonds. The number of carbonyl (C=O) groups excluding carboxylic acids is 2. The van der Waals surface area contributed by atoms with Crippen molar-refractivity contribution in [2.45, 2.75) is 17.9 Å². The van der Waals surface area contributed by atoms with Gasteiger partial charge in [0.2, 0.25) is 21.8 Å². The normalized spacial score (nSPS) is 16.9. The highest BCUT2D eigenvalue weighted by Gasteiger charge is 2.35. The molecule has 0 spiro atoms. The number of carbonyl (C=O) groups is 2. The fourth-order valence-corrected chi connectivity index (χ4v) is 3.56. The zero-order chi connectivity index (χ0) is 20.3. The number of sulfonamides is 1. The fourth-order valence-electron chi connectivity index (χ4n) is 3.04. The van der Waals surface area contributed by atoms with Crippen molar-refractivity contribution in [3.8, 4) is 5.75 Å². The molecule has 1 heterocycles. The third-order valence-electron chi connectivity index (χ3n) is 4.58. The maximum atomic E-state index is 12.5. The maximum Gasteiger partial charge on any atom is 0.238 e. The topological polar surface area (TPSA) is 119 Å². The van der Waals surface area contributed by atoms with Crippen LogP contribution in [0.25, 0.3) is 0 Å². The van der Waals surface area contributed by atoms with E-state index in [0.717, 1.165) is 5.56 Å². The molecule has 1 saturated heterocycles. The highest BCUT2D eigenvalue weighted by molar-refractivity contribution is 7.89. The minimum atomic E-state index is -3.75. The molecule has 9 heteroatoms. The second-order valence-corrected chi connectivity index (χ2v) is 8.08. The maximum absolute atomic E-state index is 12.5. The molecule has 0 aromatic heterocycles. The summed E-state index contributed by atoms with van der Waals surface area (Å²) in [6, 6.07) is 13.1. The number of nitrogens with two attached hydrogens (primary N) is 1. The van der Waals surface area contributed by atoms with E-state index in [4.69, 9.17) is 9.88 Å². The van der Waals surface area contributed by atoms with Crippen LogP contribution in [0.4, 0.5) is 5.69 Å². The predicted molar refractivity (Wildman–Crippen MR) is 103 cm³/mol. The number of nitrogens with one attached hydrogen (secondary N) is 1. The number of nitrogens with zero attached hydrogens (tertiary/aromatic N) is 1. The number of anilines is 1. The molecule has 148 valence electrons. The average molecular weight is 403 g/mol. The van der Waals surface area contributed by atoms with E-state index in [1.807, 2.05) is 0 Å². The van der Waals surface area contributed by atoms with Gasteiger partial charge in [-0.2, -0.15) is 0 Å². The van der Waals surface area contributed by atoms with Gasteiger partial charge in [0.25, 0.3) is 0 Å². The minimum Gasteiger partial charge on any atom is -0.497 e. The van der Waals surface area contributed by atoms with Gasteiger partial charge in [-0.3, -0.25) is 9.59 Å². The van der Waals surface area contributed by atoms with E-state index in [0.29, 0.717) is 18.0 Å². The van der Waals surface area contributed by atoms with Crippen LogP contribution in [0.3, 0.4) is 0 Å². The van der Waals surface area contributed by atoms with Crippen molar-refractivity contribution in [3.05, 3.63) is 54.1 Å². The van der Waals surface area contributed by atoms with Crippen molar-refractivity contribution in [2.24, 2.45) is 11.1 Å². The van der Waals surface area contributed by atoms with Gasteiger partial charge in [-0.05, 0) is 29.8 Å². The van der Waals surface area contributed by atoms with Gasteiger partial charge in [-0.25, -0.2) is 13.6 Å². The molecule has 3 rings (SSSR count). The Hall–Kier alpha value is -2.91. The average Bonchev–Trinajstić information content (AvgIpc) is 3.07. The Morgan fingerprint density at radius 3 is 2.61 bits per heavy atom. The van der Waals surface area contributed by atoms with Crippen LogP contribution in [0.1, 0.15) is 12.0 Å². The van der Waals surface area contributed by atoms with Crippen molar-refractivity contribution >= 4 is 27.5 Å². The Morgan fingerprint density at radius 1 is 1.25 bits per heavy atom. The number of ether oxygens (including phenoxy) is 1. The summed E-state index contributed by atoms with van der Waals surface area (Å²) in [7, 11) is -2.19. The second-order valence-electron chi connectivity index (χ2n) is 6.51. The van der Waals surface area contributed by atoms with Crippen LogP contribution < -0.4 is 20.1 Å². The lowest BCUT2D eigenvalue weighted by Gasteiger charge is -2.17. The van der Waals surface area contributed by atoms with E-state index in [1.54, 1.807) is 48.4 Å². The summed E-state index contributed by atoms with van der Waals surface area (Å²) >= 11 is 0. The smallest absolute Gasteiger partial charge is 0.238 e. The van der Waals surface area contributed by atoms with Crippen LogP contribution in [-0.2, 0) is 26.2 Å². The van der Waals surface area contributed by atoms with Crippen LogP contribution in [0.15, 0.2) is 53.4 Å². The summed E-state index contributed by atoms with van der Waals surface area (Å²) < 4.78 is 27.7. The molecular formula is C19H21N3O5S. The van der Waals surface area contributed by atoms with Gasteiger partial charge >= 0.3 is 0 Å². The van der Waals surface area contributed by atoms with Crippen molar-refractivity contribution < 1.29 is 22.7 Å². The molecule has 0 saturated carbocycles. The van der Waals surface area contributed by atoms with E-state index in [1.165, 1.54) is 12.1 Å². The van der Waals surface area contributed by atoms with Gasteiger partial charge in [-0.1, -0.05) is 18.2 Å². The number of methoxy groups -OCH3 is 1. The predicted octanol–water partition coefficient (Wildman–Crippen LogP) is 1.01. The summed E-state index contributed by atoms with van der Waals surface area (Å²) in [5.74, 6) is -0.163. The van der Waals surface area contributed by atoms with E-state index in [9.17, 15) is 18.0 Å². The van der Waals surface area contributed by atoms with Crippen LogP contribution in [0.2, 0.25) is 0 Å². The lowest BCUT2D eigenvalue weighted by molar-refractivity contribution is -0.126. The van der Waals surface area contributed by atoms with Crippen molar-refractivity contribution in [1.82, 2.24) is 5.32 Å². The SMILES string of the molecule is COc1cccc(N2C[C@H](C(=O)NCc3ccc(S(N)(=O)=O)cc3)CC2=O)c1. The molecule has 0 bridgehead atoms. The number of hydrogen-bond donors (Lipinski definition) is 2. The first-order valence-electron chi connectivity index (χ1n) is 8.62. The molecule has 1 aliphatic heterocycles. The largest absolute Gasteiger partial charge is 0.497 e. The summed E-state index contributed by atoms with van der Waals surface area (Å²) in [4.78, 5) is 26.4. The molecule has 0 radical (unpaired) electrons. The van der Waals surface area contributed by atoms with Gasteiger partial charge in [-0.15, -0.1) is 0 Å². The molecule has 0 aliphatic carbocycles. The van der Waals surface area contributed by atoms with Gasteiger partial charge in [0.1, 0.15) is 5.75 Å². The first kappa shape index (κ1) is 19.8. The molecule has 3 N–H and O–H groups in total. The lowest BCUT2D eigenvalue weighted by Crippen LogP contribution is -2.32. The number of benzene rings is 2. The molecule has 2 aromatic carbocycles. The van der Waals surface area contributed by atoms with Crippen LogP contribution in [0.5, 0.6) is 5.75 Å². The molecule has 1 fully saturated rings. The van der Waals surface area contributed by atoms with E-state index >= 15 is 0 Å². The summed E-state index contributed by atoms with van der Waals surface area (Å²) in [6.07, 6.45) is 0.132. The monoisotopic (exact) mass is 403 g/mol. The van der Waals surface area contributed by atoms with E-state index in [2.05, 4.69) is 5.32 Å². The molecule has 28 heavy (non-hydrogen) atoms. The number of amides is 2. The van der Waals surface area contributed by atoms with E-state index in [-0.39, 0.29) is 29.7 Å². The Bertz CT molecular complexity index is 989. The quantitative estimate of drug-likeness (QED) is 0.746. The molecule has 8 nitrogen and oxygen atoms in total. The van der Waals surface area contributed by atoms with Gasteiger partial charge in [0.05, 0.1) is 17.9 Å². The molecule has 0 unspecified atom stereocenters. The summed E-state index contributed by atoms with van der Waals surface area (Å²) in [6.45, 7) is 0.524. The van der Waals surface area contributed by atoms with E-state index < -0.39 is 15.9 Å². The van der Waals surface area contributed by atoms with Gasteiger partial charge < -0.3 is 15.0 Å². The van der Waals surface area contributed by atoms with Crippen LogP contribution in [-0.4, -0.2) is 33.9 Å². The Morgan fingerprint density at radius 2 is 1.96 bits per heavy atom. The van der Waals surface area contributed by atoms with Gasteiger partial charge in [0.15, 0.2) is 0 Å². The summed E-state index contributed by atoms with van der Waals surface area (Å²) in [5, 5.41) is 7.85. The van der Waals surface area contributed by atoms with Crippen LogP contribution >= 0.6 is 0 Å². The Labute approximate surface area is 163 Å². The standard InChI is InChI=1S/C19H21N3O5S/c1-27-16-4-2-3-15(10-16)22-12-14(9-18(22)23)19(24)21-11-13-5-7-17(8-6-13)28(20,25)26/h2-8,10,14H,9,11-12H2,1H3,(H,21,24)(H2,20,25,26)/t14-/m1/s1. The zero-order valence-electron chi connectivity index (χ0n) is 15.3. The third-order valence-corrected chi connectivity index (χ3v) is 5.51. The molecular weight excluding hydrogens is 382 g/mol. The minimum absolute atomic E-state index is 0.0119. The lowest BCUT2D eigenvalue weighted by atomic mass is 10.1. The Kier molecular flexibility index (Phi) is 5.66. The first-order valence-corrected chi connectivity index (χ1v) is 10.2. The third kappa shape index (κ3) is 4.49. The highest BCUT2D eigenvalue weighted by atomic mass is 32.2. The van der Waals surface area contributed by atoms with Crippen molar-refractivity contribution in [1.29, 1.82) is 0 Å². The van der Waals surface area contributed by atoms with Crippen molar-refractivity contribution in [3.63, 3.8) is 0 Å². The number of rotatable bonds is 6. The zero-order valence-corrected chi connectivity index (χ0v) is 16.1. The van der Waals surface area contributed by atoms with Gasteiger partial charge in [0, 0.05) is 31.3 Å². The number of primary sulfonamides is 1. The molecule has 2 aromatic rings. The summed E-state index contributed by atoms with van der Waals surface area (Å²) in [5.41, 5.74) is 1.42. The van der Waals surface area contributed by atoms with Crippen molar-refractivity contribution in [2.75, 3.05) is 18.6 Å². The van der Waals surface area contributed by atoms with Crippen LogP contribution in [0, 0.1) is 5.92 Å². The Balaban J connectivity index is 1.60. The second kappa shape index (κ2) is 7.99. The first-order chi connectivity index (χ1) is 13.3. The highest BCUT2D eigenvalue weighted by Crippen LogP contribution is 2.28. The number of hydrogen-bond acceptors (Lipinski definition) is 5. The fraction of sp³-hybridized carbons (Fsp3) is 0.263. The molecule has 1 atom stereocenters. The molecule has 1 aliphatic rings.